The number of benzene rings is 1. The van der Waals surface area contributed by atoms with Gasteiger partial charge >= 0.3 is 11.9 Å². The Balaban J connectivity index is 2.64. The fourth-order valence-corrected chi connectivity index (χ4v) is 3.26. The van der Waals surface area contributed by atoms with Gasteiger partial charge in [-0.1, -0.05) is 23.2 Å². The molecule has 5 atom stereocenters. The summed E-state index contributed by atoms with van der Waals surface area (Å²) in [6, 6.07) is 0.0889. The molecule has 0 radical (unpaired) electrons. The molecular formula is C24H31Cl2N5O11. The van der Waals surface area contributed by atoms with Crippen molar-refractivity contribution in [3.8, 4) is 0 Å². The average molecular weight is 636 g/mol. The van der Waals surface area contributed by atoms with Gasteiger partial charge in [0, 0.05) is 18.6 Å². The van der Waals surface area contributed by atoms with Crippen LogP contribution in [0.5, 0.6) is 0 Å². The van der Waals surface area contributed by atoms with Crippen LogP contribution in [-0.2, 0) is 33.5 Å². The number of nitro groups is 1. The van der Waals surface area contributed by atoms with Crippen molar-refractivity contribution in [1.29, 1.82) is 0 Å². The molecule has 0 unspecified atom stereocenters. The number of halogens is 2. The molecule has 0 aliphatic heterocycles. The van der Waals surface area contributed by atoms with Crippen LogP contribution < -0.4 is 21.3 Å². The van der Waals surface area contributed by atoms with E-state index >= 15 is 0 Å². The smallest absolute Gasteiger partial charge is 0.325 e. The number of carboxylic acid groups (broad SMARTS) is 1. The Hall–Kier alpha value is -4.02. The van der Waals surface area contributed by atoms with Crippen LogP contribution in [-0.4, -0.2) is 86.3 Å². The molecule has 0 fully saturated rings. The van der Waals surface area contributed by atoms with E-state index in [0.717, 1.165) is 12.1 Å². The van der Waals surface area contributed by atoms with Crippen molar-refractivity contribution in [3.63, 3.8) is 0 Å². The molecule has 1 rings (SSSR count). The van der Waals surface area contributed by atoms with Crippen molar-refractivity contribution in [2.45, 2.75) is 68.7 Å². The minimum Gasteiger partial charge on any atom is -0.480 e. The van der Waals surface area contributed by atoms with Gasteiger partial charge in [-0.25, -0.2) is 0 Å². The summed E-state index contributed by atoms with van der Waals surface area (Å²) >= 11 is 11.1. The van der Waals surface area contributed by atoms with E-state index < -0.39 is 95.0 Å². The Morgan fingerprint density at radius 3 is 1.88 bits per heavy atom. The number of non-ortho nitro benzene ring substituents is 1. The van der Waals surface area contributed by atoms with Gasteiger partial charge in [-0.3, -0.25) is 38.9 Å². The molecule has 4 amide bonds. The number of nitrogens with zero attached hydrogens (tertiary/aromatic N) is 1. The van der Waals surface area contributed by atoms with E-state index in [1.807, 2.05) is 0 Å². The number of nitrogens with one attached hydrogen (secondary N) is 4. The van der Waals surface area contributed by atoms with Crippen LogP contribution in [0.2, 0.25) is 0 Å². The van der Waals surface area contributed by atoms with Crippen LogP contribution in [0.15, 0.2) is 24.3 Å². The minimum absolute atomic E-state index is 0.150. The second-order valence-electron chi connectivity index (χ2n) is 8.98. The quantitative estimate of drug-likeness (QED) is 0.0603. The number of carbonyl (C=O) groups is 6. The topological polar surface area (TPSA) is 243 Å². The van der Waals surface area contributed by atoms with Gasteiger partial charge in [-0.15, -0.1) is 0 Å². The van der Waals surface area contributed by atoms with Gasteiger partial charge in [0.25, 0.3) is 11.6 Å². The zero-order valence-corrected chi connectivity index (χ0v) is 24.2. The third-order valence-electron chi connectivity index (χ3n) is 5.58. The van der Waals surface area contributed by atoms with Gasteiger partial charge in [0.1, 0.15) is 30.8 Å². The van der Waals surface area contributed by atoms with Gasteiger partial charge in [0.2, 0.25) is 17.7 Å². The predicted octanol–water partition coefficient (Wildman–Crippen LogP) is -0.161. The Labute approximate surface area is 249 Å². The van der Waals surface area contributed by atoms with E-state index in [0.29, 0.717) is 0 Å². The van der Waals surface area contributed by atoms with Gasteiger partial charge in [0.05, 0.1) is 17.4 Å². The lowest BCUT2D eigenvalue weighted by atomic mass is 10.0. The minimum atomic E-state index is -1.51. The lowest BCUT2D eigenvalue weighted by molar-refractivity contribution is -0.384. The molecule has 0 saturated heterocycles. The average Bonchev–Trinajstić information content (AvgIpc) is 2.93. The maximum absolute atomic E-state index is 12.3. The number of aliphatic hydroxyl groups is 1. The van der Waals surface area contributed by atoms with Crippen molar-refractivity contribution in [3.05, 3.63) is 39.9 Å². The van der Waals surface area contributed by atoms with Crippen LogP contribution in [0.25, 0.3) is 0 Å². The van der Waals surface area contributed by atoms with E-state index in [1.165, 1.54) is 32.9 Å². The van der Waals surface area contributed by atoms with Crippen molar-refractivity contribution in [2.24, 2.45) is 0 Å². The number of carbonyl (C=O) groups excluding carboxylic acids is 5. The number of ether oxygens (including phenoxy) is 1. The molecule has 16 nitrogen and oxygen atoms in total. The van der Waals surface area contributed by atoms with Gasteiger partial charge < -0.3 is 36.2 Å². The maximum atomic E-state index is 12.3. The molecule has 18 heteroatoms. The van der Waals surface area contributed by atoms with Crippen molar-refractivity contribution < 1.29 is 48.6 Å². The summed E-state index contributed by atoms with van der Waals surface area (Å²) in [4.78, 5) is 80.2. The monoisotopic (exact) mass is 635 g/mol. The molecule has 0 aromatic heterocycles. The number of aliphatic carboxylic acids is 1. The van der Waals surface area contributed by atoms with E-state index in [4.69, 9.17) is 33.0 Å². The summed E-state index contributed by atoms with van der Waals surface area (Å²) in [5.41, 5.74) is -0.0903. The van der Waals surface area contributed by atoms with Crippen LogP contribution in [0.3, 0.4) is 0 Å². The fourth-order valence-electron chi connectivity index (χ4n) is 3.14. The highest BCUT2D eigenvalue weighted by atomic mass is 35.5. The van der Waals surface area contributed by atoms with Gasteiger partial charge in [-0.05, 0) is 38.5 Å². The van der Waals surface area contributed by atoms with E-state index in [9.17, 15) is 44.0 Å². The molecular weight excluding hydrogens is 605 g/mol. The van der Waals surface area contributed by atoms with Crippen LogP contribution >= 0.6 is 23.2 Å². The highest BCUT2D eigenvalue weighted by molar-refractivity contribution is 6.53. The number of carboxylic acids is 1. The number of alkyl halides is 2. The Morgan fingerprint density at radius 1 is 0.857 bits per heavy atom. The Kier molecular flexibility index (Phi) is 14.6. The fraction of sp³-hybridized carbons (Fsp3) is 0.500. The second-order valence-corrected chi connectivity index (χ2v) is 10.1. The first-order valence-electron chi connectivity index (χ1n) is 12.3. The van der Waals surface area contributed by atoms with Crippen LogP contribution in [0, 0.1) is 10.1 Å². The highest BCUT2D eigenvalue weighted by Crippen LogP contribution is 2.21. The molecule has 0 heterocycles. The number of hydrogen-bond acceptors (Lipinski definition) is 10. The third-order valence-corrected chi connectivity index (χ3v) is 5.98. The zero-order chi connectivity index (χ0) is 32.1. The largest absolute Gasteiger partial charge is 0.480 e. The normalized spacial score (nSPS) is 14.4. The summed E-state index contributed by atoms with van der Waals surface area (Å²) in [5, 5.41) is 39.5. The number of nitro benzene ring substituents is 1. The molecule has 0 aliphatic rings. The molecule has 0 aliphatic carbocycles. The first kappa shape index (κ1) is 36.0. The first-order valence-corrected chi connectivity index (χ1v) is 13.2. The van der Waals surface area contributed by atoms with Crippen molar-refractivity contribution in [1.82, 2.24) is 21.3 Å². The molecule has 0 saturated carbocycles. The Morgan fingerprint density at radius 2 is 1.38 bits per heavy atom. The highest BCUT2D eigenvalue weighted by Gasteiger charge is 2.28. The van der Waals surface area contributed by atoms with Gasteiger partial charge in [-0.2, -0.15) is 0 Å². The molecule has 42 heavy (non-hydrogen) atoms. The summed E-state index contributed by atoms with van der Waals surface area (Å²) in [6.45, 7) is 3.31. The SMILES string of the molecule is C[C@H](NC(=O)[C@H](C)NC(=O)[C@H](C)NC(=O)CCC(=O)OC[C@@H](NC(=O)C(Cl)Cl)[C@H](O)c1ccc([N+](=O)[O-])cc1)C(=O)O. The number of esters is 1. The predicted molar refractivity (Wildman–Crippen MR) is 146 cm³/mol. The number of rotatable bonds is 16. The molecule has 1 aromatic carbocycles. The number of aliphatic hydroxyl groups excluding tert-OH is 1. The maximum Gasteiger partial charge on any atom is 0.325 e. The lowest BCUT2D eigenvalue weighted by Gasteiger charge is -2.24. The molecule has 232 valence electrons. The summed E-state index contributed by atoms with van der Waals surface area (Å²) in [6.07, 6.45) is -2.35. The third kappa shape index (κ3) is 12.2. The summed E-state index contributed by atoms with van der Waals surface area (Å²) in [7, 11) is 0. The van der Waals surface area contributed by atoms with Crippen LogP contribution in [0.4, 0.5) is 5.69 Å². The second kappa shape index (κ2) is 17.1. The molecule has 1 aromatic rings. The molecule has 0 bridgehead atoms. The van der Waals surface area contributed by atoms with Gasteiger partial charge in [0.15, 0.2) is 4.84 Å². The standard InChI is InChI=1S/C24H31Cl2N5O11/c1-11(21(35)28-12(2)22(36)29-13(3)24(38)39)27-17(32)8-9-18(33)42-10-16(30-23(37)20(25)26)19(34)14-4-6-15(7-5-14)31(40)41/h4-7,11-13,16,19-20,34H,8-10H2,1-3H3,(H,27,32)(H,28,35)(H,29,36)(H,30,37)(H,38,39)/t11-,12-,13-,16+,19+/m0/s1. The Bertz CT molecular complexity index is 1170. The molecule has 6 N–H and O–H groups in total. The van der Waals surface area contributed by atoms with E-state index in [2.05, 4.69) is 21.3 Å². The molecule has 0 spiro atoms. The van der Waals surface area contributed by atoms with E-state index in [1.54, 1.807) is 0 Å². The number of amides is 4. The van der Waals surface area contributed by atoms with Crippen molar-refractivity contribution in [2.75, 3.05) is 6.61 Å². The lowest BCUT2D eigenvalue weighted by Crippen LogP contribution is -2.53. The van der Waals surface area contributed by atoms with Crippen LogP contribution in [0.1, 0.15) is 45.3 Å². The number of hydrogen-bond donors (Lipinski definition) is 6. The van der Waals surface area contributed by atoms with E-state index in [-0.39, 0.29) is 11.3 Å². The summed E-state index contributed by atoms with van der Waals surface area (Å²) < 4.78 is 5.07. The zero-order valence-electron chi connectivity index (χ0n) is 22.7. The first-order chi connectivity index (χ1) is 19.5. The summed E-state index contributed by atoms with van der Waals surface area (Å²) in [5.74, 6) is -5.28. The van der Waals surface area contributed by atoms with Crippen molar-refractivity contribution >= 4 is 64.5 Å².